The molecule has 0 spiro atoms. The standard InChI is InChI=1S/C18H19FN4O/c1-22(2)9-10-23-8-7-17(21-23)20-18(24)16-12-14(19)11-13-5-3-4-6-15(13)16/h3-8,11-12H,9-10H2,1-2H3,(H,20,21,24). The second-order valence-corrected chi connectivity index (χ2v) is 5.90. The van der Waals surface area contributed by atoms with E-state index in [4.69, 9.17) is 0 Å². The van der Waals surface area contributed by atoms with Gasteiger partial charge in [-0.15, -0.1) is 0 Å². The predicted molar refractivity (Wildman–Crippen MR) is 92.6 cm³/mol. The third-order valence-corrected chi connectivity index (χ3v) is 3.73. The highest BCUT2D eigenvalue weighted by Gasteiger charge is 2.13. The van der Waals surface area contributed by atoms with Gasteiger partial charge in [0.15, 0.2) is 5.82 Å². The van der Waals surface area contributed by atoms with Crippen molar-refractivity contribution in [3.8, 4) is 0 Å². The Morgan fingerprint density at radius 2 is 2.04 bits per heavy atom. The van der Waals surface area contributed by atoms with Crippen LogP contribution in [0.5, 0.6) is 0 Å². The SMILES string of the molecule is CN(C)CCn1ccc(NC(=O)c2cc(F)cc3ccccc23)n1. The third kappa shape index (κ3) is 3.60. The molecule has 3 aromatic rings. The molecule has 0 aliphatic heterocycles. The predicted octanol–water partition coefficient (Wildman–Crippen LogP) is 2.99. The molecular weight excluding hydrogens is 307 g/mol. The Kier molecular flexibility index (Phi) is 4.57. The van der Waals surface area contributed by atoms with Gasteiger partial charge in [0, 0.05) is 18.8 Å². The number of hydrogen-bond acceptors (Lipinski definition) is 3. The normalized spacial score (nSPS) is 11.2. The average molecular weight is 326 g/mol. The molecule has 1 N–H and O–H groups in total. The number of benzene rings is 2. The molecule has 0 saturated heterocycles. The van der Waals surface area contributed by atoms with E-state index in [9.17, 15) is 9.18 Å². The summed E-state index contributed by atoms with van der Waals surface area (Å²) in [5.41, 5.74) is 0.299. The van der Waals surface area contributed by atoms with Crippen molar-refractivity contribution in [3.63, 3.8) is 0 Å². The fourth-order valence-electron chi connectivity index (χ4n) is 2.50. The topological polar surface area (TPSA) is 50.2 Å². The first-order valence-electron chi connectivity index (χ1n) is 7.71. The Labute approximate surface area is 139 Å². The van der Waals surface area contributed by atoms with Gasteiger partial charge >= 0.3 is 0 Å². The van der Waals surface area contributed by atoms with Crippen molar-refractivity contribution in [2.75, 3.05) is 26.0 Å². The van der Waals surface area contributed by atoms with Crippen molar-refractivity contribution in [2.45, 2.75) is 6.54 Å². The lowest BCUT2D eigenvalue weighted by Crippen LogP contribution is -2.19. The number of halogens is 1. The van der Waals surface area contributed by atoms with Crippen LogP contribution < -0.4 is 5.32 Å². The maximum absolute atomic E-state index is 13.8. The van der Waals surface area contributed by atoms with Crippen LogP contribution in [0.25, 0.3) is 10.8 Å². The molecule has 1 amide bonds. The zero-order chi connectivity index (χ0) is 17.1. The van der Waals surface area contributed by atoms with E-state index in [2.05, 4.69) is 15.3 Å². The number of amides is 1. The molecule has 0 atom stereocenters. The summed E-state index contributed by atoms with van der Waals surface area (Å²) in [6.07, 6.45) is 1.81. The van der Waals surface area contributed by atoms with E-state index in [1.807, 2.05) is 32.4 Å². The molecule has 0 aliphatic rings. The van der Waals surface area contributed by atoms with Gasteiger partial charge in [-0.3, -0.25) is 9.48 Å². The van der Waals surface area contributed by atoms with Crippen LogP contribution >= 0.6 is 0 Å². The third-order valence-electron chi connectivity index (χ3n) is 3.73. The lowest BCUT2D eigenvalue weighted by Gasteiger charge is -2.09. The van der Waals surface area contributed by atoms with E-state index in [-0.39, 0.29) is 5.91 Å². The first-order valence-corrected chi connectivity index (χ1v) is 7.71. The number of fused-ring (bicyclic) bond motifs is 1. The number of carbonyl (C=O) groups excluding carboxylic acids is 1. The van der Waals surface area contributed by atoms with Crippen LogP contribution in [0, 0.1) is 5.82 Å². The number of nitrogens with one attached hydrogen (secondary N) is 1. The molecule has 3 rings (SSSR count). The molecule has 0 unspecified atom stereocenters. The smallest absolute Gasteiger partial charge is 0.257 e. The van der Waals surface area contributed by atoms with Gasteiger partial charge in [-0.1, -0.05) is 24.3 Å². The van der Waals surface area contributed by atoms with Gasteiger partial charge in [0.1, 0.15) is 5.82 Å². The average Bonchev–Trinajstić information content (AvgIpc) is 2.99. The van der Waals surface area contributed by atoms with Crippen molar-refractivity contribution < 1.29 is 9.18 Å². The molecule has 1 heterocycles. The summed E-state index contributed by atoms with van der Waals surface area (Å²) in [7, 11) is 3.97. The van der Waals surface area contributed by atoms with Crippen LogP contribution in [0.1, 0.15) is 10.4 Å². The quantitative estimate of drug-likeness (QED) is 0.784. The monoisotopic (exact) mass is 326 g/mol. The number of rotatable bonds is 5. The van der Waals surface area contributed by atoms with Crippen molar-refractivity contribution in [2.24, 2.45) is 0 Å². The molecular formula is C18H19FN4O. The van der Waals surface area contributed by atoms with Crippen LogP contribution in [0.4, 0.5) is 10.2 Å². The summed E-state index contributed by atoms with van der Waals surface area (Å²) in [5, 5.41) is 8.45. The Bertz CT molecular complexity index is 872. The second kappa shape index (κ2) is 6.80. The van der Waals surface area contributed by atoms with Crippen LogP contribution in [0.2, 0.25) is 0 Å². The van der Waals surface area contributed by atoms with E-state index in [0.717, 1.165) is 13.1 Å². The Balaban J connectivity index is 1.80. The molecule has 24 heavy (non-hydrogen) atoms. The van der Waals surface area contributed by atoms with Gasteiger partial charge in [0.25, 0.3) is 5.91 Å². The number of aromatic nitrogens is 2. The summed E-state index contributed by atoms with van der Waals surface area (Å²) < 4.78 is 15.5. The molecule has 0 radical (unpaired) electrons. The van der Waals surface area contributed by atoms with E-state index < -0.39 is 5.82 Å². The van der Waals surface area contributed by atoms with Crippen LogP contribution in [-0.4, -0.2) is 41.2 Å². The van der Waals surface area contributed by atoms with Crippen molar-refractivity contribution in [3.05, 3.63) is 60.0 Å². The molecule has 124 valence electrons. The van der Waals surface area contributed by atoms with Crippen LogP contribution in [0.3, 0.4) is 0 Å². The lowest BCUT2D eigenvalue weighted by atomic mass is 10.0. The highest BCUT2D eigenvalue weighted by atomic mass is 19.1. The fourth-order valence-corrected chi connectivity index (χ4v) is 2.50. The lowest BCUT2D eigenvalue weighted by molar-refractivity contribution is 0.102. The van der Waals surface area contributed by atoms with Crippen molar-refractivity contribution >= 4 is 22.5 Å². The maximum Gasteiger partial charge on any atom is 0.257 e. The first kappa shape index (κ1) is 16.1. The summed E-state index contributed by atoms with van der Waals surface area (Å²) in [6.45, 7) is 1.58. The zero-order valence-corrected chi connectivity index (χ0v) is 13.7. The molecule has 6 heteroatoms. The molecule has 1 aromatic heterocycles. The first-order chi connectivity index (χ1) is 11.5. The van der Waals surface area contributed by atoms with Gasteiger partial charge < -0.3 is 10.2 Å². The molecule has 0 bridgehead atoms. The van der Waals surface area contributed by atoms with Gasteiger partial charge in [0.05, 0.1) is 12.1 Å². The van der Waals surface area contributed by atoms with E-state index >= 15 is 0 Å². The number of anilines is 1. The summed E-state index contributed by atoms with van der Waals surface area (Å²) in [6, 6.07) is 11.6. The summed E-state index contributed by atoms with van der Waals surface area (Å²) in [5.74, 6) is -0.356. The number of nitrogens with zero attached hydrogens (tertiary/aromatic N) is 3. The van der Waals surface area contributed by atoms with Gasteiger partial charge in [-0.25, -0.2) is 4.39 Å². The summed E-state index contributed by atoms with van der Waals surface area (Å²) in [4.78, 5) is 14.6. The molecule has 0 saturated carbocycles. The zero-order valence-electron chi connectivity index (χ0n) is 13.7. The number of likely N-dealkylation sites (N-methyl/N-ethyl adjacent to an activating group) is 1. The minimum Gasteiger partial charge on any atom is -0.308 e. The highest BCUT2D eigenvalue weighted by molar-refractivity contribution is 6.12. The molecule has 2 aromatic carbocycles. The molecule has 0 fully saturated rings. The molecule has 0 aliphatic carbocycles. The van der Waals surface area contributed by atoms with E-state index in [1.165, 1.54) is 12.1 Å². The van der Waals surface area contributed by atoms with E-state index in [0.29, 0.717) is 22.2 Å². The highest BCUT2D eigenvalue weighted by Crippen LogP contribution is 2.21. The second-order valence-electron chi connectivity index (χ2n) is 5.90. The van der Waals surface area contributed by atoms with Crippen molar-refractivity contribution in [1.82, 2.24) is 14.7 Å². The minimum absolute atomic E-state index is 0.299. The number of carbonyl (C=O) groups is 1. The largest absolute Gasteiger partial charge is 0.308 e. The van der Waals surface area contributed by atoms with Crippen LogP contribution in [-0.2, 0) is 6.54 Å². The van der Waals surface area contributed by atoms with E-state index in [1.54, 1.807) is 22.9 Å². The summed E-state index contributed by atoms with van der Waals surface area (Å²) >= 11 is 0. The van der Waals surface area contributed by atoms with Crippen molar-refractivity contribution in [1.29, 1.82) is 0 Å². The molecule has 5 nitrogen and oxygen atoms in total. The van der Waals surface area contributed by atoms with Gasteiger partial charge in [-0.2, -0.15) is 5.10 Å². The maximum atomic E-state index is 13.8. The Hall–Kier alpha value is -2.73. The van der Waals surface area contributed by atoms with Crippen LogP contribution in [0.15, 0.2) is 48.7 Å². The Morgan fingerprint density at radius 1 is 1.25 bits per heavy atom. The van der Waals surface area contributed by atoms with Gasteiger partial charge in [-0.05, 0) is 37.0 Å². The van der Waals surface area contributed by atoms with Gasteiger partial charge in [0.2, 0.25) is 0 Å². The fraction of sp³-hybridized carbons (Fsp3) is 0.222. The minimum atomic E-state index is -0.435. The Morgan fingerprint density at radius 3 is 2.83 bits per heavy atom. The number of hydrogen-bond donors (Lipinski definition) is 1.